The summed E-state index contributed by atoms with van der Waals surface area (Å²) in [7, 11) is 0. The topological polar surface area (TPSA) is 91.2 Å². The van der Waals surface area contributed by atoms with Gasteiger partial charge in [0, 0.05) is 0 Å². The highest BCUT2D eigenvalue weighted by Crippen LogP contribution is 2.35. The van der Waals surface area contributed by atoms with Crippen molar-refractivity contribution in [3.63, 3.8) is 0 Å². The highest BCUT2D eigenvalue weighted by Gasteiger charge is 2.60. The van der Waals surface area contributed by atoms with Gasteiger partial charge in [-0.1, -0.05) is 0 Å². The summed E-state index contributed by atoms with van der Waals surface area (Å²) in [6, 6.07) is 0. The summed E-state index contributed by atoms with van der Waals surface area (Å²) in [6.07, 6.45) is -2.53. The van der Waals surface area contributed by atoms with Crippen LogP contribution in [0.5, 0.6) is 0 Å². The third-order valence-electron chi connectivity index (χ3n) is 2.47. The van der Waals surface area contributed by atoms with E-state index >= 15 is 0 Å². The minimum absolute atomic E-state index is 0.0829. The molecule has 0 aromatic rings. The molecule has 6 nitrogen and oxygen atoms in total. The van der Waals surface area contributed by atoms with Crippen molar-refractivity contribution < 1.29 is 24.8 Å². The molecule has 0 saturated carbocycles. The Bertz CT molecular complexity index is 262. The van der Waals surface area contributed by atoms with Crippen LogP contribution in [0.15, 0.2) is 0 Å². The van der Waals surface area contributed by atoms with Crippen LogP contribution in [0.2, 0.25) is 0 Å². The average molecular weight is 221 g/mol. The maximum Gasteiger partial charge on any atom is 0.259 e. The number of rotatable bonds is 2. The van der Waals surface area contributed by atoms with Crippen LogP contribution in [-0.2, 0) is 9.47 Å². The van der Waals surface area contributed by atoms with Crippen LogP contribution >= 0.6 is 12.2 Å². The van der Waals surface area contributed by atoms with Crippen LogP contribution in [0.25, 0.3) is 0 Å². The molecule has 0 aromatic heterocycles. The van der Waals surface area contributed by atoms with Gasteiger partial charge in [-0.15, -0.1) is 0 Å². The van der Waals surface area contributed by atoms with Gasteiger partial charge < -0.3 is 30.1 Å². The fourth-order valence-corrected chi connectivity index (χ4v) is 2.05. The molecule has 2 aliphatic heterocycles. The lowest BCUT2D eigenvalue weighted by atomic mass is 10.0. The molecular formula is C7H11NO5S. The van der Waals surface area contributed by atoms with E-state index in [1.165, 1.54) is 0 Å². The van der Waals surface area contributed by atoms with Crippen LogP contribution in [0.3, 0.4) is 0 Å². The van der Waals surface area contributed by atoms with E-state index in [1.807, 2.05) is 0 Å². The zero-order valence-electron chi connectivity index (χ0n) is 7.21. The van der Waals surface area contributed by atoms with Crippen LogP contribution < -0.4 is 5.32 Å². The van der Waals surface area contributed by atoms with Gasteiger partial charge >= 0.3 is 0 Å². The predicted octanol–water partition coefficient (Wildman–Crippen LogP) is -2.30. The first-order valence-electron chi connectivity index (χ1n) is 4.19. The van der Waals surface area contributed by atoms with Crippen molar-refractivity contribution in [1.82, 2.24) is 5.32 Å². The highest BCUT2D eigenvalue weighted by molar-refractivity contribution is 7.80. The molecule has 0 bridgehead atoms. The molecule has 0 aliphatic carbocycles. The first-order valence-corrected chi connectivity index (χ1v) is 4.60. The third kappa shape index (κ3) is 1.21. The Labute approximate surface area is 85.4 Å². The number of hydrogen-bond donors (Lipinski definition) is 4. The summed E-state index contributed by atoms with van der Waals surface area (Å²) in [6.45, 7) is -0.720. The molecule has 2 aliphatic rings. The van der Waals surface area contributed by atoms with Crippen molar-refractivity contribution in [1.29, 1.82) is 0 Å². The van der Waals surface area contributed by atoms with Crippen LogP contribution in [0, 0.1) is 0 Å². The fraction of sp³-hybridized carbons (Fsp3) is 0.857. The lowest BCUT2D eigenvalue weighted by Crippen LogP contribution is -2.51. The fourth-order valence-electron chi connectivity index (χ4n) is 1.77. The lowest BCUT2D eigenvalue weighted by molar-refractivity contribution is -0.107. The lowest BCUT2D eigenvalue weighted by Gasteiger charge is -2.23. The Morgan fingerprint density at radius 3 is 2.71 bits per heavy atom. The van der Waals surface area contributed by atoms with E-state index in [9.17, 15) is 5.11 Å². The molecule has 0 spiro atoms. The second-order valence-electron chi connectivity index (χ2n) is 3.33. The maximum absolute atomic E-state index is 9.65. The Balaban J connectivity index is 2.24. The van der Waals surface area contributed by atoms with Gasteiger partial charge in [-0.25, -0.2) is 0 Å². The predicted molar refractivity (Wildman–Crippen MR) is 48.4 cm³/mol. The van der Waals surface area contributed by atoms with Gasteiger partial charge in [-0.05, 0) is 12.2 Å². The standard InChI is InChI=1S/C7H11NO5S/c9-1-3-4(11)5-7(2-10,13-3)8-6(14)12-5/h3-5,9-11H,1-2H2,(H,8,14)/t3-,4-,5+,7-/m1/s1. The molecular weight excluding hydrogens is 210 g/mol. The normalized spacial score (nSPS) is 45.9. The number of nitrogens with one attached hydrogen (secondary N) is 1. The quantitative estimate of drug-likeness (QED) is 0.390. The molecule has 2 fully saturated rings. The minimum atomic E-state index is -1.20. The summed E-state index contributed by atoms with van der Waals surface area (Å²) in [5.41, 5.74) is -1.20. The molecule has 2 saturated heterocycles. The van der Waals surface area contributed by atoms with Gasteiger partial charge in [0.25, 0.3) is 5.17 Å². The van der Waals surface area contributed by atoms with E-state index in [0.717, 1.165) is 0 Å². The molecule has 0 amide bonds. The summed E-state index contributed by atoms with van der Waals surface area (Å²) in [5, 5.41) is 30.4. The first kappa shape index (κ1) is 10.1. The number of fused-ring (bicyclic) bond motifs is 1. The molecule has 2 heterocycles. The molecule has 2 rings (SSSR count). The van der Waals surface area contributed by atoms with Crippen molar-refractivity contribution >= 4 is 17.4 Å². The SMILES string of the molecule is OC[C@H]1O[C@@]2(CO)NC(=S)O[C@H]2[C@@H]1O. The van der Waals surface area contributed by atoms with E-state index in [-0.39, 0.29) is 18.4 Å². The van der Waals surface area contributed by atoms with E-state index in [2.05, 4.69) is 5.32 Å². The van der Waals surface area contributed by atoms with Gasteiger partial charge in [-0.2, -0.15) is 0 Å². The van der Waals surface area contributed by atoms with Gasteiger partial charge in [0.2, 0.25) is 5.72 Å². The van der Waals surface area contributed by atoms with Crippen LogP contribution in [0.1, 0.15) is 0 Å². The average Bonchev–Trinajstić information content (AvgIpc) is 2.62. The smallest absolute Gasteiger partial charge is 0.259 e. The van der Waals surface area contributed by atoms with Gasteiger partial charge in [0.05, 0.1) is 13.2 Å². The zero-order chi connectivity index (χ0) is 10.3. The zero-order valence-corrected chi connectivity index (χ0v) is 8.03. The van der Waals surface area contributed by atoms with Crippen LogP contribution in [-0.4, -0.2) is 57.7 Å². The highest BCUT2D eigenvalue weighted by atomic mass is 32.1. The summed E-state index contributed by atoms with van der Waals surface area (Å²) in [4.78, 5) is 0. The number of ether oxygens (including phenoxy) is 2. The van der Waals surface area contributed by atoms with E-state index < -0.39 is 24.0 Å². The van der Waals surface area contributed by atoms with E-state index in [4.69, 9.17) is 31.9 Å². The number of aliphatic hydroxyl groups excluding tert-OH is 3. The largest absolute Gasteiger partial charge is 0.460 e. The Morgan fingerprint density at radius 1 is 1.50 bits per heavy atom. The van der Waals surface area contributed by atoms with E-state index in [0.29, 0.717) is 0 Å². The summed E-state index contributed by atoms with van der Waals surface area (Å²) >= 11 is 4.74. The van der Waals surface area contributed by atoms with E-state index in [1.54, 1.807) is 0 Å². The van der Waals surface area contributed by atoms with Crippen LogP contribution in [0.4, 0.5) is 0 Å². The maximum atomic E-state index is 9.65. The Morgan fingerprint density at radius 2 is 2.21 bits per heavy atom. The summed E-state index contributed by atoms with van der Waals surface area (Å²) in [5.74, 6) is 0. The Kier molecular flexibility index (Phi) is 2.36. The van der Waals surface area contributed by atoms with Crippen molar-refractivity contribution in [2.75, 3.05) is 13.2 Å². The van der Waals surface area contributed by atoms with Gasteiger partial charge in [0.1, 0.15) is 12.2 Å². The molecule has 0 aromatic carbocycles. The molecule has 14 heavy (non-hydrogen) atoms. The number of aliphatic hydroxyl groups is 3. The monoisotopic (exact) mass is 221 g/mol. The van der Waals surface area contributed by atoms with Gasteiger partial charge in [-0.3, -0.25) is 0 Å². The second kappa shape index (κ2) is 3.28. The van der Waals surface area contributed by atoms with Crippen molar-refractivity contribution in [3.8, 4) is 0 Å². The second-order valence-corrected chi connectivity index (χ2v) is 3.70. The molecule has 4 atom stereocenters. The van der Waals surface area contributed by atoms with Crippen molar-refractivity contribution in [3.05, 3.63) is 0 Å². The minimum Gasteiger partial charge on any atom is -0.460 e. The molecule has 7 heteroatoms. The van der Waals surface area contributed by atoms with Crippen molar-refractivity contribution in [2.24, 2.45) is 0 Å². The molecule has 0 unspecified atom stereocenters. The number of hydrogen-bond acceptors (Lipinski definition) is 6. The molecule has 4 N–H and O–H groups in total. The third-order valence-corrected chi connectivity index (χ3v) is 2.67. The molecule has 80 valence electrons. The Hall–Kier alpha value is -0.470. The molecule has 0 radical (unpaired) electrons. The summed E-state index contributed by atoms with van der Waals surface area (Å²) < 4.78 is 10.4. The van der Waals surface area contributed by atoms with Gasteiger partial charge in [0.15, 0.2) is 6.10 Å². The first-order chi connectivity index (χ1) is 6.63. The number of thiocarbonyl (C=S) groups is 1. The van der Waals surface area contributed by atoms with Crippen molar-refractivity contribution in [2.45, 2.75) is 24.0 Å².